The fourth-order valence-electron chi connectivity index (χ4n) is 2.65. The topological polar surface area (TPSA) is 85.4 Å². The maximum Gasteiger partial charge on any atom is 0.306 e. The van der Waals surface area contributed by atoms with Crippen LogP contribution in [-0.4, -0.2) is 29.3 Å². The molecule has 30 heavy (non-hydrogen) atoms. The Kier molecular flexibility index (Phi) is 7.48. The highest BCUT2D eigenvalue weighted by atomic mass is 79.9. The van der Waals surface area contributed by atoms with E-state index in [0.29, 0.717) is 10.7 Å². The van der Waals surface area contributed by atoms with Crippen LogP contribution in [0.15, 0.2) is 59.1 Å². The van der Waals surface area contributed by atoms with Gasteiger partial charge in [0, 0.05) is 26.9 Å². The van der Waals surface area contributed by atoms with Crippen LogP contribution < -0.4 is 5.32 Å². The van der Waals surface area contributed by atoms with Crippen molar-refractivity contribution in [1.82, 2.24) is 4.98 Å². The zero-order valence-corrected chi connectivity index (χ0v) is 18.6. The smallest absolute Gasteiger partial charge is 0.306 e. The summed E-state index contributed by atoms with van der Waals surface area (Å²) in [5.74, 6) is -1.23. The molecule has 0 fully saturated rings. The van der Waals surface area contributed by atoms with E-state index in [4.69, 9.17) is 4.74 Å². The summed E-state index contributed by atoms with van der Waals surface area (Å²) in [7, 11) is 0. The molecule has 1 heterocycles. The Bertz CT molecular complexity index is 1050. The van der Waals surface area contributed by atoms with Crippen molar-refractivity contribution in [2.45, 2.75) is 19.8 Å². The average Bonchev–Trinajstić information content (AvgIpc) is 3.11. The van der Waals surface area contributed by atoms with Gasteiger partial charge in [-0.05, 0) is 19.1 Å². The lowest BCUT2D eigenvalue weighted by atomic mass is 10.1. The standard InChI is InChI=1S/C22H19BrN2O4S/c1-14-21(16-5-3-2-4-6-16)25-22(30-14)24-19(27)11-12-20(28)29-13-18(26)15-7-9-17(23)10-8-15/h2-10H,11-13H2,1H3,(H,24,25,27). The van der Waals surface area contributed by atoms with Gasteiger partial charge in [0.15, 0.2) is 17.5 Å². The van der Waals surface area contributed by atoms with Gasteiger partial charge in [-0.1, -0.05) is 58.4 Å². The number of rotatable bonds is 8. The molecule has 0 spiro atoms. The molecule has 0 aliphatic carbocycles. The molecule has 2 aromatic carbocycles. The van der Waals surface area contributed by atoms with Crippen LogP contribution in [0.1, 0.15) is 28.1 Å². The maximum absolute atomic E-state index is 12.1. The highest BCUT2D eigenvalue weighted by molar-refractivity contribution is 9.10. The Labute approximate surface area is 186 Å². The van der Waals surface area contributed by atoms with Crippen LogP contribution in [0.5, 0.6) is 0 Å². The van der Waals surface area contributed by atoms with Crippen molar-refractivity contribution >= 4 is 50.1 Å². The first-order chi connectivity index (χ1) is 14.4. The lowest BCUT2D eigenvalue weighted by Crippen LogP contribution is -2.17. The van der Waals surface area contributed by atoms with Gasteiger partial charge in [0.25, 0.3) is 0 Å². The van der Waals surface area contributed by atoms with Crippen LogP contribution in [0.4, 0.5) is 5.13 Å². The normalized spacial score (nSPS) is 10.5. The van der Waals surface area contributed by atoms with E-state index in [-0.39, 0.29) is 31.1 Å². The number of hydrogen-bond donors (Lipinski definition) is 1. The number of aromatic nitrogens is 1. The molecule has 0 radical (unpaired) electrons. The SMILES string of the molecule is Cc1sc(NC(=O)CCC(=O)OCC(=O)c2ccc(Br)cc2)nc1-c1ccccc1. The van der Waals surface area contributed by atoms with Gasteiger partial charge in [-0.3, -0.25) is 14.4 Å². The molecule has 3 rings (SSSR count). The Morgan fingerprint density at radius 1 is 1.03 bits per heavy atom. The number of nitrogens with one attached hydrogen (secondary N) is 1. The van der Waals surface area contributed by atoms with Crippen molar-refractivity contribution in [2.24, 2.45) is 0 Å². The number of anilines is 1. The summed E-state index contributed by atoms with van der Waals surface area (Å²) >= 11 is 4.67. The molecule has 6 nitrogen and oxygen atoms in total. The Morgan fingerprint density at radius 2 is 1.73 bits per heavy atom. The molecule has 8 heteroatoms. The second-order valence-electron chi connectivity index (χ2n) is 6.43. The van der Waals surface area contributed by atoms with Crippen LogP contribution in [-0.2, 0) is 14.3 Å². The number of carbonyl (C=O) groups excluding carboxylic acids is 3. The molecule has 0 bridgehead atoms. The van der Waals surface area contributed by atoms with Gasteiger partial charge in [0.05, 0.1) is 12.1 Å². The van der Waals surface area contributed by atoms with Crippen molar-refractivity contribution in [3.63, 3.8) is 0 Å². The molecule has 154 valence electrons. The highest BCUT2D eigenvalue weighted by Gasteiger charge is 2.14. The minimum absolute atomic E-state index is 0.0510. The highest BCUT2D eigenvalue weighted by Crippen LogP contribution is 2.30. The molecule has 0 saturated carbocycles. The van der Waals surface area contributed by atoms with E-state index >= 15 is 0 Å². The van der Waals surface area contributed by atoms with E-state index in [0.717, 1.165) is 20.6 Å². The first kappa shape index (κ1) is 21.9. The monoisotopic (exact) mass is 486 g/mol. The molecule has 0 saturated heterocycles. The third-order valence-electron chi connectivity index (χ3n) is 4.18. The number of aryl methyl sites for hydroxylation is 1. The van der Waals surface area contributed by atoms with E-state index in [2.05, 4.69) is 26.2 Å². The molecule has 3 aromatic rings. The van der Waals surface area contributed by atoms with E-state index < -0.39 is 5.97 Å². The van der Waals surface area contributed by atoms with Crippen LogP contribution in [0.2, 0.25) is 0 Å². The van der Waals surface area contributed by atoms with Crippen LogP contribution in [0.3, 0.4) is 0 Å². The number of esters is 1. The molecule has 0 unspecified atom stereocenters. The van der Waals surface area contributed by atoms with E-state index in [1.165, 1.54) is 11.3 Å². The first-order valence-corrected chi connectivity index (χ1v) is 10.8. The Balaban J connectivity index is 1.45. The number of thiazole rings is 1. The van der Waals surface area contributed by atoms with Gasteiger partial charge in [-0.15, -0.1) is 11.3 Å². The maximum atomic E-state index is 12.1. The summed E-state index contributed by atoms with van der Waals surface area (Å²) in [6.07, 6.45) is -0.167. The number of ether oxygens (including phenoxy) is 1. The van der Waals surface area contributed by atoms with Crippen molar-refractivity contribution < 1.29 is 19.1 Å². The van der Waals surface area contributed by atoms with E-state index in [9.17, 15) is 14.4 Å². The minimum atomic E-state index is -0.601. The first-order valence-electron chi connectivity index (χ1n) is 9.19. The molecule has 1 aromatic heterocycles. The summed E-state index contributed by atoms with van der Waals surface area (Å²) in [4.78, 5) is 41.5. The lowest BCUT2D eigenvalue weighted by molar-refractivity contribution is -0.143. The summed E-state index contributed by atoms with van der Waals surface area (Å²) in [6.45, 7) is 1.59. The lowest BCUT2D eigenvalue weighted by Gasteiger charge is -2.05. The fraction of sp³-hybridized carbons (Fsp3) is 0.182. The number of ketones is 1. The molecule has 0 aliphatic rings. The van der Waals surface area contributed by atoms with Gasteiger partial charge in [0.2, 0.25) is 5.91 Å². The largest absolute Gasteiger partial charge is 0.457 e. The summed E-state index contributed by atoms with van der Waals surface area (Å²) in [6, 6.07) is 16.5. The Hall–Kier alpha value is -2.84. The molecular weight excluding hydrogens is 468 g/mol. The van der Waals surface area contributed by atoms with Gasteiger partial charge in [0.1, 0.15) is 0 Å². The molecule has 0 aliphatic heterocycles. The van der Waals surface area contributed by atoms with E-state index in [1.54, 1.807) is 24.3 Å². The second-order valence-corrected chi connectivity index (χ2v) is 8.55. The number of carbonyl (C=O) groups is 3. The quantitative estimate of drug-likeness (QED) is 0.356. The third-order valence-corrected chi connectivity index (χ3v) is 5.59. The molecule has 1 N–H and O–H groups in total. The molecule has 0 atom stereocenters. The predicted molar refractivity (Wildman–Crippen MR) is 120 cm³/mol. The molecule has 1 amide bonds. The predicted octanol–water partition coefficient (Wildman–Crippen LogP) is 5.03. The average molecular weight is 487 g/mol. The summed E-state index contributed by atoms with van der Waals surface area (Å²) in [5, 5.41) is 3.20. The van der Waals surface area contributed by atoms with Gasteiger partial charge < -0.3 is 10.1 Å². The number of halogens is 1. The van der Waals surface area contributed by atoms with E-state index in [1.807, 2.05) is 37.3 Å². The molecular formula is C22H19BrN2O4S. The number of benzene rings is 2. The zero-order chi connectivity index (χ0) is 21.5. The summed E-state index contributed by atoms with van der Waals surface area (Å²) in [5.41, 5.74) is 2.25. The van der Waals surface area contributed by atoms with Crippen LogP contribution >= 0.6 is 27.3 Å². The minimum Gasteiger partial charge on any atom is -0.457 e. The van der Waals surface area contributed by atoms with Crippen LogP contribution in [0.25, 0.3) is 11.3 Å². The Morgan fingerprint density at radius 3 is 2.43 bits per heavy atom. The van der Waals surface area contributed by atoms with Crippen molar-refractivity contribution in [3.8, 4) is 11.3 Å². The van der Waals surface area contributed by atoms with Gasteiger partial charge in [-0.25, -0.2) is 4.98 Å². The fourth-order valence-corrected chi connectivity index (χ4v) is 3.76. The second kappa shape index (κ2) is 10.3. The third kappa shape index (κ3) is 6.08. The zero-order valence-electron chi connectivity index (χ0n) is 16.2. The van der Waals surface area contributed by atoms with Crippen molar-refractivity contribution in [2.75, 3.05) is 11.9 Å². The summed E-state index contributed by atoms with van der Waals surface area (Å²) < 4.78 is 5.83. The van der Waals surface area contributed by atoms with Crippen molar-refractivity contribution in [3.05, 3.63) is 69.5 Å². The van der Waals surface area contributed by atoms with Gasteiger partial charge >= 0.3 is 5.97 Å². The number of Topliss-reactive ketones (excluding diaryl/α,β-unsaturated/α-hetero) is 1. The van der Waals surface area contributed by atoms with Crippen molar-refractivity contribution in [1.29, 1.82) is 0 Å². The van der Waals surface area contributed by atoms with Crippen LogP contribution in [0, 0.1) is 6.92 Å². The number of hydrogen-bond acceptors (Lipinski definition) is 6. The van der Waals surface area contributed by atoms with Gasteiger partial charge in [-0.2, -0.15) is 0 Å². The number of nitrogens with zero attached hydrogens (tertiary/aromatic N) is 1. The number of amides is 1.